The Kier molecular flexibility index (Phi) is 5.33. The number of carbonyl (C=O) groups excluding carboxylic acids is 1. The first-order valence-corrected chi connectivity index (χ1v) is 10.8. The third kappa shape index (κ3) is 3.60. The number of rotatable bonds is 4. The minimum Gasteiger partial charge on any atom is -0.350 e. The van der Waals surface area contributed by atoms with Gasteiger partial charge in [0.2, 0.25) is 0 Å². The van der Waals surface area contributed by atoms with E-state index in [-0.39, 0.29) is 16.4 Å². The lowest BCUT2D eigenvalue weighted by molar-refractivity contribution is 0.0720. The molecule has 0 unspecified atom stereocenters. The van der Waals surface area contributed by atoms with Gasteiger partial charge in [-0.1, -0.05) is 18.2 Å². The summed E-state index contributed by atoms with van der Waals surface area (Å²) in [5.74, 6) is -0.193. The zero-order chi connectivity index (χ0) is 19.8. The van der Waals surface area contributed by atoms with Crippen LogP contribution in [0, 0.1) is 20.8 Å². The smallest absolute Gasteiger partial charge is 0.264 e. The second-order valence-electron chi connectivity index (χ2n) is 7.21. The van der Waals surface area contributed by atoms with Crippen LogP contribution in [0.15, 0.2) is 29.2 Å². The normalized spacial score (nSPS) is 15.0. The fourth-order valence-electron chi connectivity index (χ4n) is 3.64. The molecule has 1 aliphatic heterocycles. The summed E-state index contributed by atoms with van der Waals surface area (Å²) >= 11 is 0. The van der Waals surface area contributed by atoms with Crippen molar-refractivity contribution in [2.24, 2.45) is 7.05 Å². The predicted molar refractivity (Wildman–Crippen MR) is 107 cm³/mol. The number of aryl methyl sites for hydroxylation is 1. The SMILES string of the molecule is Cc1ccccc1NS(=O)(=O)c1c(C(=O)N2CCCCC2)c(C)n(C)c1C. The van der Waals surface area contributed by atoms with Crippen molar-refractivity contribution in [2.45, 2.75) is 44.9 Å². The minimum atomic E-state index is -3.90. The Balaban J connectivity index is 2.08. The van der Waals surface area contributed by atoms with Gasteiger partial charge in [0, 0.05) is 31.5 Å². The van der Waals surface area contributed by atoms with Crippen LogP contribution in [0.25, 0.3) is 0 Å². The molecule has 3 rings (SSSR count). The number of aromatic nitrogens is 1. The van der Waals surface area contributed by atoms with Gasteiger partial charge < -0.3 is 9.47 Å². The van der Waals surface area contributed by atoms with E-state index < -0.39 is 10.0 Å². The molecular weight excluding hydrogens is 362 g/mol. The van der Waals surface area contributed by atoms with E-state index in [2.05, 4.69) is 4.72 Å². The van der Waals surface area contributed by atoms with Crippen molar-refractivity contribution in [2.75, 3.05) is 17.8 Å². The van der Waals surface area contributed by atoms with Crippen molar-refractivity contribution in [1.29, 1.82) is 0 Å². The van der Waals surface area contributed by atoms with Gasteiger partial charge in [-0.25, -0.2) is 8.42 Å². The number of hydrogen-bond acceptors (Lipinski definition) is 3. The molecule has 1 aliphatic rings. The Labute approximate surface area is 161 Å². The minimum absolute atomic E-state index is 0.0846. The van der Waals surface area contributed by atoms with Gasteiger partial charge in [0.1, 0.15) is 4.90 Å². The van der Waals surface area contributed by atoms with E-state index in [0.29, 0.717) is 30.2 Å². The van der Waals surface area contributed by atoms with E-state index >= 15 is 0 Å². The molecule has 0 spiro atoms. The van der Waals surface area contributed by atoms with E-state index in [4.69, 9.17) is 0 Å². The zero-order valence-corrected chi connectivity index (χ0v) is 17.2. The standard InChI is InChI=1S/C20H27N3O3S/c1-14-10-6-7-11-17(14)21-27(25,26)19-16(3)22(4)15(2)18(19)20(24)23-12-8-5-9-13-23/h6-7,10-11,21H,5,8-9,12-13H2,1-4H3. The Hall–Kier alpha value is -2.28. The van der Waals surface area contributed by atoms with Crippen molar-refractivity contribution >= 4 is 21.6 Å². The van der Waals surface area contributed by atoms with Crippen molar-refractivity contribution in [1.82, 2.24) is 9.47 Å². The summed E-state index contributed by atoms with van der Waals surface area (Å²) in [6.07, 6.45) is 3.02. The second-order valence-corrected chi connectivity index (χ2v) is 8.83. The monoisotopic (exact) mass is 389 g/mol. The zero-order valence-electron chi connectivity index (χ0n) is 16.4. The molecule has 0 saturated carbocycles. The molecule has 0 aliphatic carbocycles. The van der Waals surface area contributed by atoms with Crippen LogP contribution in [0.4, 0.5) is 5.69 Å². The van der Waals surface area contributed by atoms with Gasteiger partial charge >= 0.3 is 0 Å². The van der Waals surface area contributed by atoms with Crippen LogP contribution in [0.3, 0.4) is 0 Å². The Morgan fingerprint density at radius 2 is 1.63 bits per heavy atom. The van der Waals surface area contributed by atoms with Gasteiger partial charge in [0.05, 0.1) is 11.3 Å². The van der Waals surface area contributed by atoms with E-state index in [1.54, 1.807) is 42.5 Å². The summed E-state index contributed by atoms with van der Waals surface area (Å²) in [5, 5.41) is 0. The van der Waals surface area contributed by atoms with Crippen molar-refractivity contribution in [3.63, 3.8) is 0 Å². The van der Waals surface area contributed by atoms with Crippen LogP contribution in [0.5, 0.6) is 0 Å². The number of likely N-dealkylation sites (tertiary alicyclic amines) is 1. The van der Waals surface area contributed by atoms with E-state index in [9.17, 15) is 13.2 Å². The second kappa shape index (κ2) is 7.38. The van der Waals surface area contributed by atoms with Gasteiger partial charge in [-0.2, -0.15) is 0 Å². The third-order valence-electron chi connectivity index (χ3n) is 5.44. The quantitative estimate of drug-likeness (QED) is 0.871. The summed E-state index contributed by atoms with van der Waals surface area (Å²) in [6, 6.07) is 7.22. The molecule has 7 heteroatoms. The largest absolute Gasteiger partial charge is 0.350 e. The maximum absolute atomic E-state index is 13.3. The van der Waals surface area contributed by atoms with Crippen LogP contribution >= 0.6 is 0 Å². The number of nitrogens with zero attached hydrogens (tertiary/aromatic N) is 2. The van der Waals surface area contributed by atoms with Gasteiger partial charge in [0.25, 0.3) is 15.9 Å². The number of anilines is 1. The number of nitrogens with one attached hydrogen (secondary N) is 1. The van der Waals surface area contributed by atoms with Crippen LogP contribution < -0.4 is 4.72 Å². The molecule has 0 bridgehead atoms. The first kappa shape index (κ1) is 19.5. The van der Waals surface area contributed by atoms with Gasteiger partial charge in [-0.05, 0) is 51.7 Å². The van der Waals surface area contributed by atoms with Crippen molar-refractivity contribution < 1.29 is 13.2 Å². The van der Waals surface area contributed by atoms with Crippen LogP contribution in [0.1, 0.15) is 46.6 Å². The number of benzene rings is 1. The van der Waals surface area contributed by atoms with Gasteiger partial charge in [0.15, 0.2) is 0 Å². The molecule has 2 heterocycles. The molecule has 1 N–H and O–H groups in total. The number of para-hydroxylation sites is 1. The molecule has 1 saturated heterocycles. The number of piperidine rings is 1. The lowest BCUT2D eigenvalue weighted by atomic mass is 10.1. The number of hydrogen-bond donors (Lipinski definition) is 1. The highest BCUT2D eigenvalue weighted by Crippen LogP contribution is 2.30. The molecular formula is C20H27N3O3S. The molecule has 1 aromatic carbocycles. The molecule has 1 amide bonds. The maximum atomic E-state index is 13.3. The van der Waals surface area contributed by atoms with E-state index in [0.717, 1.165) is 24.8 Å². The van der Waals surface area contributed by atoms with Crippen LogP contribution in [-0.4, -0.2) is 36.9 Å². The highest BCUT2D eigenvalue weighted by Gasteiger charge is 2.33. The van der Waals surface area contributed by atoms with Crippen molar-refractivity contribution in [3.8, 4) is 0 Å². The first-order valence-electron chi connectivity index (χ1n) is 9.27. The van der Waals surface area contributed by atoms with Gasteiger partial charge in [-0.15, -0.1) is 0 Å². The Morgan fingerprint density at radius 3 is 2.26 bits per heavy atom. The van der Waals surface area contributed by atoms with Crippen molar-refractivity contribution in [3.05, 3.63) is 46.8 Å². The van der Waals surface area contributed by atoms with Crippen LogP contribution in [-0.2, 0) is 17.1 Å². The summed E-state index contributed by atoms with van der Waals surface area (Å²) in [4.78, 5) is 15.1. The molecule has 1 aromatic heterocycles. The van der Waals surface area contributed by atoms with E-state index in [1.165, 1.54) is 0 Å². The fourth-order valence-corrected chi connectivity index (χ4v) is 5.29. The molecule has 0 atom stereocenters. The average Bonchev–Trinajstić information content (AvgIpc) is 2.88. The summed E-state index contributed by atoms with van der Waals surface area (Å²) in [6.45, 7) is 6.75. The van der Waals surface area contributed by atoms with Crippen LogP contribution in [0.2, 0.25) is 0 Å². The number of carbonyl (C=O) groups is 1. The Morgan fingerprint density at radius 1 is 1.00 bits per heavy atom. The summed E-state index contributed by atoms with van der Waals surface area (Å²) in [7, 11) is -2.10. The molecule has 2 aromatic rings. The highest BCUT2D eigenvalue weighted by molar-refractivity contribution is 7.92. The lowest BCUT2D eigenvalue weighted by Crippen LogP contribution is -2.36. The number of sulfonamides is 1. The molecule has 27 heavy (non-hydrogen) atoms. The molecule has 6 nitrogen and oxygen atoms in total. The lowest BCUT2D eigenvalue weighted by Gasteiger charge is -2.27. The average molecular weight is 390 g/mol. The third-order valence-corrected chi connectivity index (χ3v) is 6.96. The highest BCUT2D eigenvalue weighted by atomic mass is 32.2. The Bertz CT molecular complexity index is 971. The predicted octanol–water partition coefficient (Wildman–Crippen LogP) is 3.38. The maximum Gasteiger partial charge on any atom is 0.264 e. The van der Waals surface area contributed by atoms with E-state index in [1.807, 2.05) is 19.1 Å². The summed E-state index contributed by atoms with van der Waals surface area (Å²) < 4.78 is 31.0. The number of amides is 1. The molecule has 0 radical (unpaired) electrons. The molecule has 146 valence electrons. The first-order chi connectivity index (χ1) is 12.7. The topological polar surface area (TPSA) is 71.4 Å². The molecule has 1 fully saturated rings. The summed E-state index contributed by atoms with van der Waals surface area (Å²) in [5.41, 5.74) is 2.88. The fraction of sp³-hybridized carbons (Fsp3) is 0.450. The van der Waals surface area contributed by atoms with Gasteiger partial charge in [-0.3, -0.25) is 9.52 Å².